The zero-order valence-electron chi connectivity index (χ0n) is 11.4. The number of carbonyl (C=O) groups is 2. The predicted molar refractivity (Wildman–Crippen MR) is 73.2 cm³/mol. The maximum Gasteiger partial charge on any atom is 0.309 e. The number of rotatable bonds is 5. The van der Waals surface area contributed by atoms with E-state index >= 15 is 0 Å². The maximum atomic E-state index is 11.8. The van der Waals surface area contributed by atoms with Gasteiger partial charge in [0.1, 0.15) is 11.8 Å². The van der Waals surface area contributed by atoms with Gasteiger partial charge in [-0.1, -0.05) is 0 Å². The number of carbonyl (C=O) groups excluding carboxylic acids is 2. The molecule has 7 heteroatoms. The van der Waals surface area contributed by atoms with Crippen LogP contribution in [-0.2, 0) is 9.59 Å². The first-order valence-corrected chi connectivity index (χ1v) is 6.85. The Labute approximate surface area is 121 Å². The summed E-state index contributed by atoms with van der Waals surface area (Å²) >= 11 is 0. The Morgan fingerprint density at radius 3 is 2.86 bits per heavy atom. The summed E-state index contributed by atoms with van der Waals surface area (Å²) in [7, 11) is 0. The highest BCUT2D eigenvalue weighted by atomic mass is 16.3. The zero-order valence-corrected chi connectivity index (χ0v) is 11.4. The summed E-state index contributed by atoms with van der Waals surface area (Å²) < 4.78 is 7.05. The molecule has 0 saturated heterocycles. The zero-order chi connectivity index (χ0) is 14.7. The highest BCUT2D eigenvalue weighted by molar-refractivity contribution is 6.35. The van der Waals surface area contributed by atoms with Gasteiger partial charge < -0.3 is 15.1 Å². The number of hydrogen-bond acceptors (Lipinski definition) is 4. The number of furan rings is 1. The van der Waals surface area contributed by atoms with Crippen molar-refractivity contribution in [1.29, 1.82) is 0 Å². The van der Waals surface area contributed by atoms with E-state index in [1.54, 1.807) is 35.5 Å². The van der Waals surface area contributed by atoms with Crippen molar-refractivity contribution in [2.45, 2.75) is 24.9 Å². The van der Waals surface area contributed by atoms with E-state index in [0.29, 0.717) is 5.76 Å². The topological polar surface area (TPSA) is 89.2 Å². The molecule has 0 radical (unpaired) electrons. The van der Waals surface area contributed by atoms with Crippen LogP contribution in [0.15, 0.2) is 41.3 Å². The molecule has 0 aliphatic heterocycles. The molecule has 2 amide bonds. The molecule has 1 aliphatic rings. The summed E-state index contributed by atoms with van der Waals surface area (Å²) in [4.78, 5) is 23.4. The summed E-state index contributed by atoms with van der Waals surface area (Å²) in [5, 5.41) is 9.43. The molecule has 2 aromatic heterocycles. The van der Waals surface area contributed by atoms with Crippen LogP contribution in [0.3, 0.4) is 0 Å². The SMILES string of the molecule is O=C(NCC(c1ccco1)n1cccn1)C(=O)NC1CC1. The lowest BCUT2D eigenvalue weighted by atomic mass is 10.2. The number of amides is 2. The summed E-state index contributed by atoms with van der Waals surface area (Å²) in [6.07, 6.45) is 6.89. The largest absolute Gasteiger partial charge is 0.467 e. The van der Waals surface area contributed by atoms with Gasteiger partial charge in [-0.15, -0.1) is 0 Å². The molecule has 1 fully saturated rings. The highest BCUT2D eigenvalue weighted by Crippen LogP contribution is 2.19. The molecule has 2 N–H and O–H groups in total. The van der Waals surface area contributed by atoms with Crippen LogP contribution in [0.5, 0.6) is 0 Å². The fourth-order valence-electron chi connectivity index (χ4n) is 2.02. The number of hydrogen-bond donors (Lipinski definition) is 2. The van der Waals surface area contributed by atoms with E-state index in [0.717, 1.165) is 12.8 Å². The van der Waals surface area contributed by atoms with Crippen LogP contribution in [0.25, 0.3) is 0 Å². The lowest BCUT2D eigenvalue weighted by Crippen LogP contribution is -2.42. The van der Waals surface area contributed by atoms with E-state index < -0.39 is 11.8 Å². The molecule has 7 nitrogen and oxygen atoms in total. The minimum Gasteiger partial charge on any atom is -0.467 e. The maximum absolute atomic E-state index is 11.8. The lowest BCUT2D eigenvalue weighted by molar-refractivity contribution is -0.139. The molecule has 0 spiro atoms. The van der Waals surface area contributed by atoms with E-state index in [1.807, 2.05) is 6.07 Å². The highest BCUT2D eigenvalue weighted by Gasteiger charge is 2.27. The fraction of sp³-hybridized carbons (Fsp3) is 0.357. The van der Waals surface area contributed by atoms with Gasteiger partial charge in [-0.2, -0.15) is 5.10 Å². The van der Waals surface area contributed by atoms with Crippen LogP contribution in [0.2, 0.25) is 0 Å². The van der Waals surface area contributed by atoms with E-state index in [9.17, 15) is 9.59 Å². The Morgan fingerprint density at radius 2 is 2.24 bits per heavy atom. The van der Waals surface area contributed by atoms with Crippen molar-refractivity contribution < 1.29 is 14.0 Å². The third kappa shape index (κ3) is 3.31. The summed E-state index contributed by atoms with van der Waals surface area (Å²) in [6, 6.07) is 5.25. The number of nitrogens with one attached hydrogen (secondary N) is 2. The minimum atomic E-state index is -0.634. The normalized spacial score (nSPS) is 15.4. The Morgan fingerprint density at radius 1 is 1.38 bits per heavy atom. The molecule has 0 aromatic carbocycles. The molecule has 21 heavy (non-hydrogen) atoms. The molecule has 110 valence electrons. The predicted octanol–water partition coefficient (Wildman–Crippen LogP) is 0.460. The van der Waals surface area contributed by atoms with E-state index in [-0.39, 0.29) is 18.6 Å². The van der Waals surface area contributed by atoms with Crippen molar-refractivity contribution in [3.8, 4) is 0 Å². The number of nitrogens with zero attached hydrogens (tertiary/aromatic N) is 2. The van der Waals surface area contributed by atoms with Crippen molar-refractivity contribution in [3.05, 3.63) is 42.6 Å². The van der Waals surface area contributed by atoms with Crippen LogP contribution in [0.1, 0.15) is 24.6 Å². The van der Waals surface area contributed by atoms with Crippen LogP contribution in [-0.4, -0.2) is 34.2 Å². The molecular formula is C14H16N4O3. The Balaban J connectivity index is 1.62. The van der Waals surface area contributed by atoms with Gasteiger partial charge in [-0.05, 0) is 31.0 Å². The van der Waals surface area contributed by atoms with Gasteiger partial charge in [0.05, 0.1) is 6.26 Å². The molecular weight excluding hydrogens is 272 g/mol. The van der Waals surface area contributed by atoms with Gasteiger partial charge in [-0.3, -0.25) is 14.3 Å². The molecule has 2 heterocycles. The minimum absolute atomic E-state index is 0.162. The standard InChI is InChI=1S/C14H16N4O3/c19-13(14(20)17-10-4-5-10)15-9-11(12-3-1-8-21-12)18-7-2-6-16-18/h1-3,6-8,10-11H,4-5,9H2,(H,15,19)(H,17,20). The molecule has 1 aliphatic carbocycles. The monoisotopic (exact) mass is 288 g/mol. The van der Waals surface area contributed by atoms with Crippen molar-refractivity contribution >= 4 is 11.8 Å². The van der Waals surface area contributed by atoms with Crippen molar-refractivity contribution in [2.24, 2.45) is 0 Å². The van der Waals surface area contributed by atoms with Gasteiger partial charge in [0.2, 0.25) is 0 Å². The first kappa shape index (κ1) is 13.4. The van der Waals surface area contributed by atoms with Gasteiger partial charge >= 0.3 is 11.8 Å². The third-order valence-electron chi connectivity index (χ3n) is 3.29. The van der Waals surface area contributed by atoms with Crippen molar-refractivity contribution in [3.63, 3.8) is 0 Å². The quantitative estimate of drug-likeness (QED) is 0.782. The molecule has 1 unspecified atom stereocenters. The molecule has 1 saturated carbocycles. The Hall–Kier alpha value is -2.57. The third-order valence-corrected chi connectivity index (χ3v) is 3.29. The second-order valence-electron chi connectivity index (χ2n) is 4.98. The average molecular weight is 288 g/mol. The van der Waals surface area contributed by atoms with Crippen LogP contribution in [0, 0.1) is 0 Å². The Bertz CT molecular complexity index is 568. The molecule has 3 rings (SSSR count). The lowest BCUT2D eigenvalue weighted by Gasteiger charge is -2.16. The second kappa shape index (κ2) is 5.82. The van der Waals surface area contributed by atoms with Gasteiger partial charge in [0.25, 0.3) is 0 Å². The first-order valence-electron chi connectivity index (χ1n) is 6.85. The fourth-order valence-corrected chi connectivity index (χ4v) is 2.02. The Kier molecular flexibility index (Phi) is 3.72. The average Bonchev–Trinajstić information content (AvgIpc) is 2.99. The van der Waals surface area contributed by atoms with Gasteiger partial charge in [0.15, 0.2) is 0 Å². The molecule has 0 bridgehead atoms. The smallest absolute Gasteiger partial charge is 0.309 e. The second-order valence-corrected chi connectivity index (χ2v) is 4.98. The summed E-state index contributed by atoms with van der Waals surface area (Å²) in [5.41, 5.74) is 0. The van der Waals surface area contributed by atoms with Crippen LogP contribution in [0.4, 0.5) is 0 Å². The van der Waals surface area contributed by atoms with Crippen LogP contribution >= 0.6 is 0 Å². The van der Waals surface area contributed by atoms with E-state index in [2.05, 4.69) is 15.7 Å². The van der Waals surface area contributed by atoms with E-state index in [4.69, 9.17) is 4.42 Å². The first-order chi connectivity index (χ1) is 10.2. The van der Waals surface area contributed by atoms with E-state index in [1.165, 1.54) is 0 Å². The van der Waals surface area contributed by atoms with Crippen LogP contribution < -0.4 is 10.6 Å². The summed E-state index contributed by atoms with van der Waals surface area (Å²) in [5.74, 6) is -0.552. The summed E-state index contributed by atoms with van der Waals surface area (Å²) in [6.45, 7) is 0.228. The number of aromatic nitrogens is 2. The molecule has 1 atom stereocenters. The van der Waals surface area contributed by atoms with Crippen molar-refractivity contribution in [1.82, 2.24) is 20.4 Å². The molecule has 2 aromatic rings. The van der Waals surface area contributed by atoms with Gasteiger partial charge in [-0.25, -0.2) is 0 Å². The van der Waals surface area contributed by atoms with Crippen molar-refractivity contribution in [2.75, 3.05) is 6.54 Å². The van der Waals surface area contributed by atoms with Gasteiger partial charge in [0, 0.05) is 25.0 Å².